The first-order chi connectivity index (χ1) is 14.6. The maximum Gasteiger partial charge on any atom is 0.254 e. The molecule has 1 saturated carbocycles. The number of thiazole rings is 1. The molecule has 0 spiro atoms. The quantitative estimate of drug-likeness (QED) is 0.677. The summed E-state index contributed by atoms with van der Waals surface area (Å²) in [7, 11) is 0. The molecule has 5 heterocycles. The molecule has 3 N–H and O–H groups in total. The Bertz CT molecular complexity index is 1010. The summed E-state index contributed by atoms with van der Waals surface area (Å²) in [5.41, 5.74) is 2.05. The van der Waals surface area contributed by atoms with Crippen molar-refractivity contribution in [2.45, 2.75) is 43.9 Å². The Hall–Kier alpha value is -2.23. The van der Waals surface area contributed by atoms with Crippen LogP contribution in [0.25, 0.3) is 10.6 Å². The van der Waals surface area contributed by atoms with Crippen molar-refractivity contribution in [3.05, 3.63) is 22.7 Å². The Morgan fingerprint density at radius 1 is 1.20 bits per heavy atom. The molecule has 2 aromatic rings. The SMILES string of the molecule is O=C1NCc2nc(N3CC[C@H]4C[C@]43CO)cc(-c3nc(N4CCC(O)CC4)cs3)c21. The van der Waals surface area contributed by atoms with E-state index in [2.05, 4.69) is 15.1 Å². The monoisotopic (exact) mass is 427 g/mol. The van der Waals surface area contributed by atoms with Crippen LogP contribution < -0.4 is 15.1 Å². The van der Waals surface area contributed by atoms with Crippen LogP contribution in [0, 0.1) is 5.92 Å². The minimum Gasteiger partial charge on any atom is -0.394 e. The van der Waals surface area contributed by atoms with Gasteiger partial charge in [-0.05, 0) is 37.7 Å². The highest BCUT2D eigenvalue weighted by Gasteiger charge is 2.62. The summed E-state index contributed by atoms with van der Waals surface area (Å²) in [6, 6.07) is 1.99. The summed E-state index contributed by atoms with van der Waals surface area (Å²) in [5.74, 6) is 2.19. The lowest BCUT2D eigenvalue weighted by Gasteiger charge is -2.29. The first kappa shape index (κ1) is 18.5. The predicted octanol–water partition coefficient (Wildman–Crippen LogP) is 1.37. The van der Waals surface area contributed by atoms with E-state index in [1.165, 1.54) is 0 Å². The van der Waals surface area contributed by atoms with Gasteiger partial charge in [-0.2, -0.15) is 0 Å². The van der Waals surface area contributed by atoms with Crippen molar-refractivity contribution >= 4 is 28.9 Å². The van der Waals surface area contributed by atoms with Gasteiger partial charge in [0.15, 0.2) is 0 Å². The first-order valence-electron chi connectivity index (χ1n) is 10.7. The molecule has 2 saturated heterocycles. The van der Waals surface area contributed by atoms with Crippen LogP contribution in [0.5, 0.6) is 0 Å². The molecule has 0 aromatic carbocycles. The van der Waals surface area contributed by atoms with Crippen molar-refractivity contribution in [3.63, 3.8) is 0 Å². The number of piperidine rings is 2. The molecule has 0 bridgehead atoms. The van der Waals surface area contributed by atoms with Crippen molar-refractivity contribution in [2.24, 2.45) is 5.92 Å². The average Bonchev–Trinajstić information content (AvgIpc) is 3.11. The van der Waals surface area contributed by atoms with E-state index in [0.717, 1.165) is 73.2 Å². The van der Waals surface area contributed by atoms with Gasteiger partial charge < -0.3 is 25.3 Å². The van der Waals surface area contributed by atoms with Crippen LogP contribution in [0.2, 0.25) is 0 Å². The second kappa shape index (κ2) is 6.63. The van der Waals surface area contributed by atoms with Gasteiger partial charge in [0.05, 0.1) is 36.1 Å². The molecule has 1 aliphatic carbocycles. The van der Waals surface area contributed by atoms with Gasteiger partial charge in [0.25, 0.3) is 5.91 Å². The third kappa shape index (κ3) is 2.68. The zero-order valence-corrected chi connectivity index (χ0v) is 17.5. The van der Waals surface area contributed by atoms with E-state index >= 15 is 0 Å². The van der Waals surface area contributed by atoms with E-state index in [0.29, 0.717) is 18.0 Å². The minimum absolute atomic E-state index is 0.0977. The summed E-state index contributed by atoms with van der Waals surface area (Å²) in [6.07, 6.45) is 3.37. The molecule has 9 heteroatoms. The number of rotatable bonds is 4. The molecule has 0 radical (unpaired) electrons. The molecule has 0 unspecified atom stereocenters. The number of fused-ring (bicyclic) bond motifs is 2. The van der Waals surface area contributed by atoms with Crippen LogP contribution in [0.4, 0.5) is 11.6 Å². The van der Waals surface area contributed by atoms with Gasteiger partial charge in [0.2, 0.25) is 0 Å². The predicted molar refractivity (Wildman–Crippen MR) is 114 cm³/mol. The Balaban J connectivity index is 1.39. The van der Waals surface area contributed by atoms with Gasteiger partial charge in [-0.1, -0.05) is 0 Å². The maximum atomic E-state index is 12.6. The summed E-state index contributed by atoms with van der Waals surface area (Å²) in [4.78, 5) is 26.7. The Labute approximate surface area is 178 Å². The topological polar surface area (TPSA) is 102 Å². The van der Waals surface area contributed by atoms with Crippen molar-refractivity contribution in [1.82, 2.24) is 15.3 Å². The summed E-state index contributed by atoms with van der Waals surface area (Å²) >= 11 is 1.54. The van der Waals surface area contributed by atoms with E-state index in [4.69, 9.17) is 9.97 Å². The maximum absolute atomic E-state index is 12.6. The Kier molecular flexibility index (Phi) is 4.10. The molecule has 4 aliphatic rings. The Morgan fingerprint density at radius 2 is 2.03 bits per heavy atom. The van der Waals surface area contributed by atoms with Gasteiger partial charge >= 0.3 is 0 Å². The molecule has 2 aromatic heterocycles. The number of hydrogen-bond donors (Lipinski definition) is 3. The molecule has 6 rings (SSSR count). The zero-order valence-electron chi connectivity index (χ0n) is 16.7. The number of pyridine rings is 1. The van der Waals surface area contributed by atoms with Crippen LogP contribution >= 0.6 is 11.3 Å². The fraction of sp³-hybridized carbons (Fsp3) is 0.571. The normalized spacial score (nSPS) is 27.9. The molecular weight excluding hydrogens is 402 g/mol. The fourth-order valence-corrected chi connectivity index (χ4v) is 6.20. The van der Waals surface area contributed by atoms with Crippen molar-refractivity contribution < 1.29 is 15.0 Å². The third-order valence-electron chi connectivity index (χ3n) is 7.22. The van der Waals surface area contributed by atoms with Gasteiger partial charge in [0.1, 0.15) is 16.6 Å². The first-order valence-corrected chi connectivity index (χ1v) is 11.6. The number of aliphatic hydroxyl groups excluding tert-OH is 2. The van der Waals surface area contributed by atoms with Gasteiger partial charge in [0, 0.05) is 30.6 Å². The molecule has 158 valence electrons. The van der Waals surface area contributed by atoms with Crippen molar-refractivity contribution in [1.29, 1.82) is 0 Å². The molecule has 2 atom stereocenters. The average molecular weight is 428 g/mol. The number of nitrogens with one attached hydrogen (secondary N) is 1. The van der Waals surface area contributed by atoms with Gasteiger partial charge in [-0.25, -0.2) is 9.97 Å². The highest BCUT2D eigenvalue weighted by Crippen LogP contribution is 2.56. The van der Waals surface area contributed by atoms with Crippen LogP contribution in [0.1, 0.15) is 41.7 Å². The number of aromatic nitrogens is 2. The van der Waals surface area contributed by atoms with E-state index in [-0.39, 0.29) is 24.2 Å². The minimum atomic E-state index is -0.223. The Morgan fingerprint density at radius 3 is 2.80 bits per heavy atom. The van der Waals surface area contributed by atoms with E-state index < -0.39 is 0 Å². The van der Waals surface area contributed by atoms with E-state index in [9.17, 15) is 15.0 Å². The highest BCUT2D eigenvalue weighted by atomic mass is 32.1. The van der Waals surface area contributed by atoms with E-state index in [1.807, 2.05) is 11.4 Å². The molecule has 3 aliphatic heterocycles. The smallest absolute Gasteiger partial charge is 0.254 e. The van der Waals surface area contributed by atoms with Crippen LogP contribution in [0.15, 0.2) is 11.4 Å². The highest BCUT2D eigenvalue weighted by molar-refractivity contribution is 7.13. The number of anilines is 2. The summed E-state index contributed by atoms with van der Waals surface area (Å²) < 4.78 is 0. The molecular formula is C21H25N5O3S. The fourth-order valence-electron chi connectivity index (χ4n) is 5.35. The lowest BCUT2D eigenvalue weighted by atomic mass is 10.1. The number of carbonyl (C=O) groups excluding carboxylic acids is 1. The molecule has 1 amide bonds. The van der Waals surface area contributed by atoms with E-state index in [1.54, 1.807) is 11.3 Å². The summed E-state index contributed by atoms with van der Waals surface area (Å²) in [6.45, 7) is 3.04. The number of aliphatic hydroxyl groups is 2. The third-order valence-corrected chi connectivity index (χ3v) is 8.09. The second-order valence-electron chi connectivity index (χ2n) is 8.86. The molecule has 8 nitrogen and oxygen atoms in total. The lowest BCUT2D eigenvalue weighted by Crippen LogP contribution is -2.38. The van der Waals surface area contributed by atoms with Crippen molar-refractivity contribution in [2.75, 3.05) is 36.0 Å². The number of hydrogen-bond acceptors (Lipinski definition) is 8. The second-order valence-corrected chi connectivity index (χ2v) is 9.72. The van der Waals surface area contributed by atoms with Gasteiger partial charge in [-0.3, -0.25) is 4.79 Å². The summed E-state index contributed by atoms with van der Waals surface area (Å²) in [5, 5.41) is 25.5. The number of carbonyl (C=O) groups is 1. The number of amides is 1. The molecule has 30 heavy (non-hydrogen) atoms. The zero-order chi connectivity index (χ0) is 20.5. The number of nitrogens with zero attached hydrogens (tertiary/aromatic N) is 4. The van der Waals surface area contributed by atoms with Gasteiger partial charge in [-0.15, -0.1) is 11.3 Å². The van der Waals surface area contributed by atoms with Crippen LogP contribution in [-0.4, -0.2) is 64.0 Å². The van der Waals surface area contributed by atoms with Crippen molar-refractivity contribution in [3.8, 4) is 10.6 Å². The van der Waals surface area contributed by atoms with Crippen LogP contribution in [-0.2, 0) is 6.54 Å². The van der Waals surface area contributed by atoms with Crippen LogP contribution in [0.3, 0.4) is 0 Å². The lowest BCUT2D eigenvalue weighted by molar-refractivity contribution is 0.0966. The largest absolute Gasteiger partial charge is 0.394 e. The standard InChI is InChI=1S/C21H25N5O3S/c27-11-21-8-12(21)1-6-26(21)16-7-14(18-15(23-16)9-22-19(18)29)20-24-17(10-30-20)25-4-2-13(28)3-5-25/h7,10,12-13,27-28H,1-6,8-9,11H2,(H,22,29)/t12-,21-/m0/s1. The molecule has 3 fully saturated rings.